The second kappa shape index (κ2) is 10.6. The predicted molar refractivity (Wildman–Crippen MR) is 116 cm³/mol. The highest BCUT2D eigenvalue weighted by Crippen LogP contribution is 2.33. The van der Waals surface area contributed by atoms with Crippen LogP contribution < -0.4 is 10.1 Å². The summed E-state index contributed by atoms with van der Waals surface area (Å²) in [6.45, 7) is 2.51. The van der Waals surface area contributed by atoms with Gasteiger partial charge in [0.1, 0.15) is 11.8 Å². The van der Waals surface area contributed by atoms with Gasteiger partial charge in [0.15, 0.2) is 0 Å². The van der Waals surface area contributed by atoms with Crippen molar-refractivity contribution >= 4 is 17.8 Å². The Bertz CT molecular complexity index is 915. The highest BCUT2D eigenvalue weighted by atomic mass is 16.5. The quantitative estimate of drug-likeness (QED) is 0.604. The Morgan fingerprint density at radius 2 is 1.81 bits per heavy atom. The molecule has 2 N–H and O–H groups in total. The normalized spacial score (nSPS) is 17.9. The number of ether oxygens (including phenoxy) is 1. The zero-order valence-corrected chi connectivity index (χ0v) is 17.6. The van der Waals surface area contributed by atoms with E-state index in [0.717, 1.165) is 16.9 Å². The van der Waals surface area contributed by atoms with Crippen LogP contribution in [0, 0.1) is 6.92 Å². The number of likely N-dealkylation sites (tertiary alicyclic amines) is 1. The van der Waals surface area contributed by atoms with E-state index in [9.17, 15) is 19.5 Å². The molecular weight excluding hydrogens is 396 g/mol. The molecule has 1 saturated heterocycles. The SMILES string of the molecule is Cc1ccccc1C1C[C@H](C(=O)O)N(C(=O)CNC(=O)CCCOc2ccccc2)C1. The molecule has 0 bridgehead atoms. The lowest BCUT2D eigenvalue weighted by Crippen LogP contribution is -2.45. The molecule has 31 heavy (non-hydrogen) atoms. The maximum absolute atomic E-state index is 12.7. The minimum atomic E-state index is -1.02. The van der Waals surface area contributed by atoms with Gasteiger partial charge < -0.3 is 20.1 Å². The second-order valence-corrected chi connectivity index (χ2v) is 7.73. The van der Waals surface area contributed by atoms with Gasteiger partial charge in [0.25, 0.3) is 0 Å². The number of carbonyl (C=O) groups excluding carboxylic acids is 2. The molecule has 1 aliphatic heterocycles. The number of rotatable bonds is 9. The van der Waals surface area contributed by atoms with Crippen molar-refractivity contribution in [2.24, 2.45) is 0 Å². The molecule has 3 rings (SSSR count). The van der Waals surface area contributed by atoms with E-state index in [1.807, 2.05) is 61.5 Å². The molecule has 1 unspecified atom stereocenters. The van der Waals surface area contributed by atoms with Gasteiger partial charge in [0.2, 0.25) is 11.8 Å². The molecule has 0 radical (unpaired) electrons. The standard InChI is InChI=1S/C24H28N2O5/c1-17-8-5-6-11-20(17)18-14-21(24(29)30)26(16-18)23(28)15-25-22(27)12-7-13-31-19-9-3-2-4-10-19/h2-6,8-11,18,21H,7,12-16H2,1H3,(H,25,27)(H,29,30)/t18?,21-/m1/s1. The molecule has 1 heterocycles. The number of nitrogens with zero attached hydrogens (tertiary/aromatic N) is 1. The van der Waals surface area contributed by atoms with Crippen LogP contribution >= 0.6 is 0 Å². The summed E-state index contributed by atoms with van der Waals surface area (Å²) in [4.78, 5) is 37.8. The van der Waals surface area contributed by atoms with Crippen molar-refractivity contribution in [2.45, 2.75) is 38.1 Å². The summed E-state index contributed by atoms with van der Waals surface area (Å²) in [6.07, 6.45) is 1.12. The fourth-order valence-electron chi connectivity index (χ4n) is 3.92. The summed E-state index contributed by atoms with van der Waals surface area (Å²) in [7, 11) is 0. The number of aryl methyl sites for hydroxylation is 1. The molecule has 2 atom stereocenters. The highest BCUT2D eigenvalue weighted by molar-refractivity contribution is 5.88. The zero-order valence-electron chi connectivity index (χ0n) is 17.6. The van der Waals surface area contributed by atoms with E-state index < -0.39 is 12.0 Å². The summed E-state index contributed by atoms with van der Waals surface area (Å²) < 4.78 is 5.55. The van der Waals surface area contributed by atoms with Crippen LogP contribution in [-0.4, -0.2) is 53.5 Å². The molecule has 7 heteroatoms. The van der Waals surface area contributed by atoms with Gasteiger partial charge >= 0.3 is 5.97 Å². The van der Waals surface area contributed by atoms with Gasteiger partial charge in [-0.1, -0.05) is 42.5 Å². The average molecular weight is 424 g/mol. The third-order valence-electron chi connectivity index (χ3n) is 5.53. The van der Waals surface area contributed by atoms with Crippen LogP contribution in [0.3, 0.4) is 0 Å². The van der Waals surface area contributed by atoms with E-state index in [-0.39, 0.29) is 30.7 Å². The maximum Gasteiger partial charge on any atom is 0.326 e. The first-order valence-electron chi connectivity index (χ1n) is 10.5. The van der Waals surface area contributed by atoms with Crippen molar-refractivity contribution in [2.75, 3.05) is 19.7 Å². The van der Waals surface area contributed by atoms with Gasteiger partial charge in [-0.25, -0.2) is 4.79 Å². The molecular formula is C24H28N2O5. The molecule has 0 saturated carbocycles. The number of hydrogen-bond acceptors (Lipinski definition) is 4. The summed E-state index contributed by atoms with van der Waals surface area (Å²) in [5.41, 5.74) is 2.14. The molecule has 1 fully saturated rings. The fourth-order valence-corrected chi connectivity index (χ4v) is 3.92. The Morgan fingerprint density at radius 3 is 2.52 bits per heavy atom. The summed E-state index contributed by atoms with van der Waals surface area (Å²) in [5, 5.41) is 12.2. The van der Waals surface area contributed by atoms with Gasteiger partial charge in [-0.05, 0) is 43.0 Å². The minimum Gasteiger partial charge on any atom is -0.494 e. The molecule has 0 aliphatic carbocycles. The summed E-state index contributed by atoms with van der Waals surface area (Å²) in [5.74, 6) is -0.940. The number of amides is 2. The lowest BCUT2D eigenvalue weighted by molar-refractivity contribution is -0.148. The van der Waals surface area contributed by atoms with Crippen molar-refractivity contribution in [3.05, 3.63) is 65.7 Å². The maximum atomic E-state index is 12.7. The first-order chi connectivity index (χ1) is 15.0. The van der Waals surface area contributed by atoms with Gasteiger partial charge in [-0.15, -0.1) is 0 Å². The lowest BCUT2D eigenvalue weighted by atomic mass is 9.93. The Kier molecular flexibility index (Phi) is 7.65. The van der Waals surface area contributed by atoms with Crippen molar-refractivity contribution in [1.29, 1.82) is 0 Å². The number of aliphatic carboxylic acids is 1. The number of benzene rings is 2. The Morgan fingerprint density at radius 1 is 1.10 bits per heavy atom. The second-order valence-electron chi connectivity index (χ2n) is 7.73. The number of hydrogen-bond donors (Lipinski definition) is 2. The Balaban J connectivity index is 1.46. The fraction of sp³-hybridized carbons (Fsp3) is 0.375. The molecule has 0 aromatic heterocycles. The van der Waals surface area contributed by atoms with Crippen LogP contribution in [0.5, 0.6) is 5.75 Å². The van der Waals surface area contributed by atoms with Crippen LogP contribution in [0.2, 0.25) is 0 Å². The van der Waals surface area contributed by atoms with Crippen LogP contribution in [0.15, 0.2) is 54.6 Å². The van der Waals surface area contributed by atoms with Gasteiger partial charge in [-0.3, -0.25) is 9.59 Å². The zero-order chi connectivity index (χ0) is 22.2. The third kappa shape index (κ3) is 6.07. The predicted octanol–water partition coefficient (Wildman–Crippen LogP) is 2.74. The van der Waals surface area contributed by atoms with E-state index >= 15 is 0 Å². The van der Waals surface area contributed by atoms with Crippen LogP contribution in [0.1, 0.15) is 36.3 Å². The van der Waals surface area contributed by atoms with Crippen molar-refractivity contribution in [3.8, 4) is 5.75 Å². The van der Waals surface area contributed by atoms with E-state index in [1.165, 1.54) is 4.90 Å². The van der Waals surface area contributed by atoms with Crippen molar-refractivity contribution in [1.82, 2.24) is 10.2 Å². The third-order valence-corrected chi connectivity index (χ3v) is 5.53. The first kappa shape index (κ1) is 22.3. The first-order valence-corrected chi connectivity index (χ1v) is 10.5. The Labute approximate surface area is 182 Å². The number of carboxylic acids is 1. The molecule has 2 aromatic carbocycles. The van der Waals surface area contributed by atoms with Gasteiger partial charge in [-0.2, -0.15) is 0 Å². The van der Waals surface area contributed by atoms with Crippen LogP contribution in [0.25, 0.3) is 0 Å². The highest BCUT2D eigenvalue weighted by Gasteiger charge is 2.40. The molecule has 1 aliphatic rings. The van der Waals surface area contributed by atoms with Crippen molar-refractivity contribution < 1.29 is 24.2 Å². The van der Waals surface area contributed by atoms with E-state index in [1.54, 1.807) is 0 Å². The molecule has 0 spiro atoms. The molecule has 2 amide bonds. The van der Waals surface area contributed by atoms with Gasteiger partial charge in [0.05, 0.1) is 13.2 Å². The van der Waals surface area contributed by atoms with E-state index in [2.05, 4.69) is 5.32 Å². The van der Waals surface area contributed by atoms with E-state index in [4.69, 9.17) is 4.74 Å². The van der Waals surface area contributed by atoms with Crippen LogP contribution in [0.4, 0.5) is 0 Å². The number of carbonyl (C=O) groups is 3. The topological polar surface area (TPSA) is 95.9 Å². The average Bonchev–Trinajstić information content (AvgIpc) is 3.22. The number of carboxylic acid groups (broad SMARTS) is 1. The molecule has 2 aromatic rings. The minimum absolute atomic E-state index is 0.0305. The largest absolute Gasteiger partial charge is 0.494 e. The molecule has 164 valence electrons. The number of para-hydroxylation sites is 1. The summed E-state index contributed by atoms with van der Waals surface area (Å²) >= 11 is 0. The van der Waals surface area contributed by atoms with E-state index in [0.29, 0.717) is 26.0 Å². The smallest absolute Gasteiger partial charge is 0.326 e. The lowest BCUT2D eigenvalue weighted by Gasteiger charge is -2.21. The Hall–Kier alpha value is -3.35. The van der Waals surface area contributed by atoms with Gasteiger partial charge in [0, 0.05) is 18.9 Å². The van der Waals surface area contributed by atoms with Crippen molar-refractivity contribution in [3.63, 3.8) is 0 Å². The summed E-state index contributed by atoms with van der Waals surface area (Å²) in [6, 6.07) is 16.3. The monoisotopic (exact) mass is 424 g/mol. The number of nitrogens with one attached hydrogen (secondary N) is 1. The van der Waals surface area contributed by atoms with Crippen LogP contribution in [-0.2, 0) is 14.4 Å². The molecule has 7 nitrogen and oxygen atoms in total.